The Kier molecular flexibility index (Phi) is 5.03. The molecule has 0 saturated heterocycles. The molecule has 0 radical (unpaired) electrons. The maximum absolute atomic E-state index is 5.88. The highest BCUT2D eigenvalue weighted by atomic mass is 15.1. The largest absolute Gasteiger partial charge is 0.399 e. The molecule has 26 heavy (non-hydrogen) atoms. The zero-order chi connectivity index (χ0) is 18.7. The first-order valence-electron chi connectivity index (χ1n) is 8.66. The van der Waals surface area contributed by atoms with Crippen LogP contribution in [0.5, 0.6) is 0 Å². The van der Waals surface area contributed by atoms with Gasteiger partial charge >= 0.3 is 0 Å². The monoisotopic (exact) mass is 346 g/mol. The Morgan fingerprint density at radius 2 is 0.731 bits per heavy atom. The number of nitrogen functional groups attached to an aromatic ring is 1. The summed E-state index contributed by atoms with van der Waals surface area (Å²) in [6, 6.07) is 25.1. The molecule has 0 spiro atoms. The highest BCUT2D eigenvalue weighted by Crippen LogP contribution is 2.36. The number of nitrogens with zero attached hydrogens (tertiary/aromatic N) is 3. The standard InChI is InChI=1S/C22H26N4/c1-24(2)18-9-13-21(14-10-18)26(20-7-5-17(23)6-8-20)22-15-11-19(12-16-22)25(3)4/h5-16H,23H2,1-4H3. The fourth-order valence-electron chi connectivity index (χ4n) is 2.87. The zero-order valence-corrected chi connectivity index (χ0v) is 15.8. The van der Waals surface area contributed by atoms with Crippen LogP contribution in [0.4, 0.5) is 34.1 Å². The molecule has 0 heterocycles. The van der Waals surface area contributed by atoms with Crippen LogP contribution >= 0.6 is 0 Å². The predicted molar refractivity (Wildman–Crippen MR) is 114 cm³/mol. The Balaban J connectivity index is 2.05. The van der Waals surface area contributed by atoms with Crippen LogP contribution in [-0.2, 0) is 0 Å². The second kappa shape index (κ2) is 7.40. The average Bonchev–Trinajstić information content (AvgIpc) is 2.64. The maximum atomic E-state index is 5.88. The third-order valence-corrected chi connectivity index (χ3v) is 4.40. The number of nitrogens with two attached hydrogens (primary N) is 1. The summed E-state index contributed by atoms with van der Waals surface area (Å²) in [5.74, 6) is 0. The summed E-state index contributed by atoms with van der Waals surface area (Å²) in [5.41, 5.74) is 12.3. The molecule has 0 saturated carbocycles. The van der Waals surface area contributed by atoms with Gasteiger partial charge in [0.15, 0.2) is 0 Å². The molecule has 0 aliphatic heterocycles. The fourth-order valence-corrected chi connectivity index (χ4v) is 2.87. The van der Waals surface area contributed by atoms with Gasteiger partial charge in [0.25, 0.3) is 0 Å². The zero-order valence-electron chi connectivity index (χ0n) is 15.8. The minimum absolute atomic E-state index is 0.764. The van der Waals surface area contributed by atoms with Crippen LogP contribution in [0.2, 0.25) is 0 Å². The van der Waals surface area contributed by atoms with Gasteiger partial charge in [0.2, 0.25) is 0 Å². The molecule has 0 aromatic heterocycles. The number of anilines is 6. The first kappa shape index (κ1) is 17.7. The van der Waals surface area contributed by atoms with E-state index in [0.717, 1.165) is 22.7 Å². The molecular formula is C22H26N4. The summed E-state index contributed by atoms with van der Waals surface area (Å²) in [7, 11) is 8.19. The van der Waals surface area contributed by atoms with Crippen LogP contribution in [0, 0.1) is 0 Å². The van der Waals surface area contributed by atoms with E-state index in [0.29, 0.717) is 0 Å². The van der Waals surface area contributed by atoms with Gasteiger partial charge < -0.3 is 20.4 Å². The van der Waals surface area contributed by atoms with E-state index in [1.165, 1.54) is 11.4 Å². The van der Waals surface area contributed by atoms with Crippen molar-refractivity contribution in [3.8, 4) is 0 Å². The van der Waals surface area contributed by atoms with Crippen molar-refractivity contribution in [2.75, 3.05) is 48.6 Å². The van der Waals surface area contributed by atoms with Gasteiger partial charge in [0.05, 0.1) is 0 Å². The van der Waals surface area contributed by atoms with Crippen LogP contribution in [0.15, 0.2) is 72.8 Å². The van der Waals surface area contributed by atoms with Gasteiger partial charge in [-0.15, -0.1) is 0 Å². The van der Waals surface area contributed by atoms with Crippen molar-refractivity contribution in [2.45, 2.75) is 0 Å². The lowest BCUT2D eigenvalue weighted by atomic mass is 10.1. The molecule has 0 aliphatic rings. The third kappa shape index (κ3) is 3.75. The Hall–Kier alpha value is -3.14. The van der Waals surface area contributed by atoms with Crippen LogP contribution in [-0.4, -0.2) is 28.2 Å². The second-order valence-electron chi connectivity index (χ2n) is 6.75. The summed E-state index contributed by atoms with van der Waals surface area (Å²) in [6.45, 7) is 0. The van der Waals surface area contributed by atoms with Crippen molar-refractivity contribution in [3.05, 3.63) is 72.8 Å². The van der Waals surface area contributed by atoms with E-state index < -0.39 is 0 Å². The molecule has 4 nitrogen and oxygen atoms in total. The molecule has 0 amide bonds. The van der Waals surface area contributed by atoms with Crippen molar-refractivity contribution in [2.24, 2.45) is 0 Å². The van der Waals surface area contributed by atoms with Gasteiger partial charge in [-0.05, 0) is 72.8 Å². The molecule has 0 atom stereocenters. The summed E-state index contributed by atoms with van der Waals surface area (Å²) >= 11 is 0. The van der Waals surface area contributed by atoms with Crippen molar-refractivity contribution >= 4 is 34.1 Å². The third-order valence-electron chi connectivity index (χ3n) is 4.40. The minimum atomic E-state index is 0.764. The lowest BCUT2D eigenvalue weighted by Crippen LogP contribution is -2.12. The molecule has 3 aromatic rings. The highest BCUT2D eigenvalue weighted by Gasteiger charge is 2.13. The molecule has 0 unspecified atom stereocenters. The molecule has 4 heteroatoms. The lowest BCUT2D eigenvalue weighted by molar-refractivity contribution is 1.13. The van der Waals surface area contributed by atoms with Crippen molar-refractivity contribution < 1.29 is 0 Å². The lowest BCUT2D eigenvalue weighted by Gasteiger charge is -2.27. The van der Waals surface area contributed by atoms with E-state index in [1.54, 1.807) is 0 Å². The van der Waals surface area contributed by atoms with Gasteiger partial charge in [-0.25, -0.2) is 0 Å². The molecule has 0 bridgehead atoms. The Labute approximate surface area is 156 Å². The highest BCUT2D eigenvalue weighted by molar-refractivity contribution is 5.78. The molecule has 3 aromatic carbocycles. The van der Waals surface area contributed by atoms with E-state index in [2.05, 4.69) is 75.4 Å². The normalized spacial score (nSPS) is 10.5. The van der Waals surface area contributed by atoms with E-state index in [4.69, 9.17) is 5.73 Å². The van der Waals surface area contributed by atoms with Gasteiger partial charge in [0, 0.05) is 62.3 Å². The van der Waals surface area contributed by atoms with Crippen LogP contribution in [0.1, 0.15) is 0 Å². The topological polar surface area (TPSA) is 35.7 Å². The number of rotatable bonds is 5. The number of benzene rings is 3. The Bertz CT molecular complexity index is 783. The minimum Gasteiger partial charge on any atom is -0.399 e. The predicted octanol–water partition coefficient (Wildman–Crippen LogP) is 4.87. The molecule has 0 aliphatic carbocycles. The second-order valence-corrected chi connectivity index (χ2v) is 6.75. The van der Waals surface area contributed by atoms with Crippen LogP contribution in [0.3, 0.4) is 0 Å². The summed E-state index contributed by atoms with van der Waals surface area (Å²) in [4.78, 5) is 6.44. The Morgan fingerprint density at radius 1 is 0.462 bits per heavy atom. The van der Waals surface area contributed by atoms with Gasteiger partial charge in [-0.3, -0.25) is 0 Å². The quantitative estimate of drug-likeness (QED) is 0.669. The van der Waals surface area contributed by atoms with Gasteiger partial charge in [0.1, 0.15) is 0 Å². The van der Waals surface area contributed by atoms with Crippen molar-refractivity contribution in [1.29, 1.82) is 0 Å². The first-order valence-corrected chi connectivity index (χ1v) is 8.66. The van der Waals surface area contributed by atoms with Gasteiger partial charge in [-0.2, -0.15) is 0 Å². The number of hydrogen-bond acceptors (Lipinski definition) is 4. The molecule has 2 N–H and O–H groups in total. The summed E-state index contributed by atoms with van der Waals surface area (Å²) in [6.07, 6.45) is 0. The van der Waals surface area contributed by atoms with E-state index in [9.17, 15) is 0 Å². The fraction of sp³-hybridized carbons (Fsp3) is 0.182. The summed E-state index contributed by atoms with van der Waals surface area (Å²) < 4.78 is 0. The van der Waals surface area contributed by atoms with E-state index >= 15 is 0 Å². The van der Waals surface area contributed by atoms with Crippen LogP contribution in [0.25, 0.3) is 0 Å². The van der Waals surface area contributed by atoms with Crippen molar-refractivity contribution in [3.63, 3.8) is 0 Å². The molecule has 0 fully saturated rings. The Morgan fingerprint density at radius 3 is 1.04 bits per heavy atom. The van der Waals surface area contributed by atoms with E-state index in [1.807, 2.05) is 40.3 Å². The number of hydrogen-bond donors (Lipinski definition) is 1. The smallest absolute Gasteiger partial charge is 0.0463 e. The van der Waals surface area contributed by atoms with Gasteiger partial charge in [-0.1, -0.05) is 0 Å². The average molecular weight is 346 g/mol. The molecular weight excluding hydrogens is 320 g/mol. The SMILES string of the molecule is CN(C)c1ccc(N(c2ccc(N)cc2)c2ccc(N(C)C)cc2)cc1. The van der Waals surface area contributed by atoms with Crippen molar-refractivity contribution in [1.82, 2.24) is 0 Å². The first-order chi connectivity index (χ1) is 12.5. The summed E-state index contributed by atoms with van der Waals surface area (Å²) in [5, 5.41) is 0. The maximum Gasteiger partial charge on any atom is 0.0463 e. The molecule has 134 valence electrons. The molecule has 3 rings (SSSR count). The van der Waals surface area contributed by atoms with E-state index in [-0.39, 0.29) is 0 Å². The van der Waals surface area contributed by atoms with Crippen LogP contribution < -0.4 is 20.4 Å².